The van der Waals surface area contributed by atoms with Crippen LogP contribution in [0.1, 0.15) is 12.8 Å². The Labute approximate surface area is 113 Å². The number of aromatic nitrogens is 1. The number of anilines is 1. The van der Waals surface area contributed by atoms with Crippen molar-refractivity contribution < 1.29 is 0 Å². The molecule has 0 amide bonds. The van der Waals surface area contributed by atoms with E-state index in [4.69, 9.17) is 0 Å². The van der Waals surface area contributed by atoms with E-state index in [9.17, 15) is 0 Å². The van der Waals surface area contributed by atoms with Gasteiger partial charge in [-0.2, -0.15) is 0 Å². The van der Waals surface area contributed by atoms with Gasteiger partial charge >= 0.3 is 0 Å². The Morgan fingerprint density at radius 3 is 2.88 bits per heavy atom. The zero-order valence-corrected chi connectivity index (χ0v) is 12.4. The molecule has 0 aromatic carbocycles. The van der Waals surface area contributed by atoms with E-state index >= 15 is 0 Å². The number of nitrogens with one attached hydrogen (secondary N) is 1. The number of pyridine rings is 1. The molecule has 0 saturated heterocycles. The van der Waals surface area contributed by atoms with Crippen LogP contribution in [-0.2, 0) is 0 Å². The highest BCUT2D eigenvalue weighted by atomic mass is 79.9. The summed E-state index contributed by atoms with van der Waals surface area (Å²) in [5, 5.41) is 3.49. The number of hydrogen-bond donors (Lipinski definition) is 1. The molecule has 5 heteroatoms. The van der Waals surface area contributed by atoms with Gasteiger partial charge in [-0.05, 0) is 50.8 Å². The highest BCUT2D eigenvalue weighted by Crippen LogP contribution is 2.25. The minimum absolute atomic E-state index is 0.773. The Kier molecular flexibility index (Phi) is 4.21. The van der Waals surface area contributed by atoms with Crippen molar-refractivity contribution in [3.8, 4) is 0 Å². The number of likely N-dealkylation sites (N-methyl/N-ethyl adjacent to an activating group) is 1. The molecule has 1 saturated carbocycles. The molecule has 1 aromatic heterocycles. The van der Waals surface area contributed by atoms with Gasteiger partial charge in [0, 0.05) is 36.8 Å². The minimum Gasteiger partial charge on any atom is -0.357 e. The molecule has 88 valence electrons. The van der Waals surface area contributed by atoms with E-state index in [1.54, 1.807) is 0 Å². The minimum atomic E-state index is 0.773. The normalized spacial score (nSPS) is 15.2. The van der Waals surface area contributed by atoms with E-state index in [2.05, 4.69) is 54.1 Å². The van der Waals surface area contributed by atoms with Crippen molar-refractivity contribution in [1.29, 1.82) is 0 Å². The number of halogens is 2. The Balaban J connectivity index is 1.88. The maximum absolute atomic E-state index is 4.40. The molecule has 3 nitrogen and oxygen atoms in total. The highest BCUT2D eigenvalue weighted by molar-refractivity contribution is 9.11. The lowest BCUT2D eigenvalue weighted by atomic mass is 10.4. The second kappa shape index (κ2) is 5.47. The molecule has 1 aliphatic rings. The highest BCUT2D eigenvalue weighted by Gasteiger charge is 2.20. The van der Waals surface area contributed by atoms with Crippen molar-refractivity contribution in [2.45, 2.75) is 18.9 Å². The summed E-state index contributed by atoms with van der Waals surface area (Å²) in [7, 11) is 2.07. The Morgan fingerprint density at radius 2 is 2.25 bits per heavy atom. The number of nitrogens with zero attached hydrogens (tertiary/aromatic N) is 2. The number of rotatable bonds is 5. The molecule has 2 rings (SSSR count). The van der Waals surface area contributed by atoms with E-state index in [0.717, 1.165) is 33.9 Å². The summed E-state index contributed by atoms with van der Waals surface area (Å²) in [6, 6.07) is 2.79. The maximum Gasteiger partial charge on any atom is 0.142 e. The summed E-state index contributed by atoms with van der Waals surface area (Å²) in [6.45, 7) is 2.00. The first-order chi connectivity index (χ1) is 7.66. The van der Waals surface area contributed by atoms with Crippen molar-refractivity contribution in [3.05, 3.63) is 21.2 Å². The Hall–Kier alpha value is -0.130. The van der Waals surface area contributed by atoms with Crippen molar-refractivity contribution >= 4 is 37.7 Å². The smallest absolute Gasteiger partial charge is 0.142 e. The predicted octanol–water partition coefficient (Wildman–Crippen LogP) is 2.79. The molecule has 0 radical (unpaired) electrons. The fourth-order valence-corrected chi connectivity index (χ4v) is 2.81. The van der Waals surface area contributed by atoms with Crippen LogP contribution in [0, 0.1) is 0 Å². The molecule has 1 fully saturated rings. The van der Waals surface area contributed by atoms with Crippen molar-refractivity contribution in [2.75, 3.05) is 25.0 Å². The predicted molar refractivity (Wildman–Crippen MR) is 73.9 cm³/mol. The second-order valence-corrected chi connectivity index (χ2v) is 5.88. The maximum atomic E-state index is 4.40. The van der Waals surface area contributed by atoms with Crippen molar-refractivity contribution in [2.24, 2.45) is 0 Å². The largest absolute Gasteiger partial charge is 0.357 e. The standard InChI is InChI=1S/C11H15Br2N3/c1-16(5-4-14-9-2-3-9)11-10(13)6-8(12)7-15-11/h6-7,9,14H,2-5H2,1H3. The quantitative estimate of drug-likeness (QED) is 0.886. The SMILES string of the molecule is CN(CCNC1CC1)c1ncc(Br)cc1Br. The van der Waals surface area contributed by atoms with E-state index in [1.807, 2.05) is 12.3 Å². The molecular formula is C11H15Br2N3. The van der Waals surface area contributed by atoms with Crippen LogP contribution in [0.4, 0.5) is 5.82 Å². The second-order valence-electron chi connectivity index (χ2n) is 4.11. The van der Waals surface area contributed by atoms with Gasteiger partial charge in [0.15, 0.2) is 0 Å². The molecule has 0 unspecified atom stereocenters. The van der Waals surface area contributed by atoms with E-state index < -0.39 is 0 Å². The first-order valence-electron chi connectivity index (χ1n) is 5.42. The van der Waals surface area contributed by atoms with E-state index in [-0.39, 0.29) is 0 Å². The van der Waals surface area contributed by atoms with Gasteiger partial charge in [-0.1, -0.05) is 0 Å². The van der Waals surface area contributed by atoms with Gasteiger partial charge in [-0.15, -0.1) is 0 Å². The fraction of sp³-hybridized carbons (Fsp3) is 0.545. The van der Waals surface area contributed by atoms with Crippen LogP contribution in [0.3, 0.4) is 0 Å². The summed E-state index contributed by atoms with van der Waals surface area (Å²) in [5.74, 6) is 0.987. The van der Waals surface area contributed by atoms with E-state index in [1.165, 1.54) is 12.8 Å². The molecule has 1 aliphatic carbocycles. The molecule has 0 aliphatic heterocycles. The van der Waals surface area contributed by atoms with Crippen LogP contribution in [-0.4, -0.2) is 31.2 Å². The first kappa shape index (κ1) is 12.3. The fourth-order valence-electron chi connectivity index (χ4n) is 1.52. The van der Waals surface area contributed by atoms with Gasteiger partial charge in [-0.25, -0.2) is 4.98 Å². The molecule has 16 heavy (non-hydrogen) atoms. The summed E-state index contributed by atoms with van der Waals surface area (Å²) in [4.78, 5) is 6.55. The molecule has 0 atom stereocenters. The van der Waals surface area contributed by atoms with Gasteiger partial charge in [0.05, 0.1) is 4.47 Å². The summed E-state index contributed by atoms with van der Waals surface area (Å²) >= 11 is 6.93. The van der Waals surface area contributed by atoms with Crippen molar-refractivity contribution in [1.82, 2.24) is 10.3 Å². The lowest BCUT2D eigenvalue weighted by Gasteiger charge is -2.19. The monoisotopic (exact) mass is 347 g/mol. The summed E-state index contributed by atoms with van der Waals surface area (Å²) in [5.41, 5.74) is 0. The lowest BCUT2D eigenvalue weighted by molar-refractivity contribution is 0.672. The average molecular weight is 349 g/mol. The van der Waals surface area contributed by atoms with Crippen LogP contribution in [0.25, 0.3) is 0 Å². The van der Waals surface area contributed by atoms with Gasteiger partial charge in [0.1, 0.15) is 5.82 Å². The van der Waals surface area contributed by atoms with Crippen LogP contribution in [0.15, 0.2) is 21.2 Å². The summed E-state index contributed by atoms with van der Waals surface area (Å²) < 4.78 is 2.02. The molecule has 0 bridgehead atoms. The van der Waals surface area contributed by atoms with Crippen LogP contribution in [0.5, 0.6) is 0 Å². The molecule has 0 spiro atoms. The lowest BCUT2D eigenvalue weighted by Crippen LogP contribution is -2.30. The zero-order valence-electron chi connectivity index (χ0n) is 9.21. The molecule has 1 N–H and O–H groups in total. The van der Waals surface area contributed by atoms with Gasteiger partial charge in [0.2, 0.25) is 0 Å². The third-order valence-corrected chi connectivity index (χ3v) is 3.62. The molecule has 1 aromatic rings. The van der Waals surface area contributed by atoms with E-state index in [0.29, 0.717) is 0 Å². The molecule has 1 heterocycles. The van der Waals surface area contributed by atoms with Gasteiger partial charge < -0.3 is 10.2 Å². The summed E-state index contributed by atoms with van der Waals surface area (Å²) in [6.07, 6.45) is 4.50. The number of hydrogen-bond acceptors (Lipinski definition) is 3. The van der Waals surface area contributed by atoms with Crippen LogP contribution < -0.4 is 10.2 Å². The topological polar surface area (TPSA) is 28.2 Å². The van der Waals surface area contributed by atoms with Gasteiger partial charge in [0.25, 0.3) is 0 Å². The van der Waals surface area contributed by atoms with Crippen LogP contribution >= 0.6 is 31.9 Å². The third-order valence-electron chi connectivity index (χ3n) is 2.61. The van der Waals surface area contributed by atoms with Gasteiger partial charge in [-0.3, -0.25) is 0 Å². The Morgan fingerprint density at radius 1 is 1.50 bits per heavy atom. The van der Waals surface area contributed by atoms with Crippen LogP contribution in [0.2, 0.25) is 0 Å². The van der Waals surface area contributed by atoms with Crippen molar-refractivity contribution in [3.63, 3.8) is 0 Å². The average Bonchev–Trinajstić information content (AvgIpc) is 3.01. The zero-order chi connectivity index (χ0) is 11.5. The first-order valence-corrected chi connectivity index (χ1v) is 7.01. The molecular weight excluding hydrogens is 334 g/mol. The third kappa shape index (κ3) is 3.43. The Bertz CT molecular complexity index is 366.